The van der Waals surface area contributed by atoms with Crippen LogP contribution in [0.25, 0.3) is 0 Å². The first-order valence-corrected chi connectivity index (χ1v) is 16.2. The number of carbonyl (C=O) groups excluding carboxylic acids is 2. The number of sulfone groups is 1. The number of amides is 2. The minimum absolute atomic E-state index is 0.0690. The molecule has 1 aromatic rings. The molecule has 2 saturated heterocycles. The van der Waals surface area contributed by atoms with E-state index in [-0.39, 0.29) is 35.3 Å². The van der Waals surface area contributed by atoms with Gasteiger partial charge in [-0.25, -0.2) is 8.42 Å². The van der Waals surface area contributed by atoms with Gasteiger partial charge in [-0.1, -0.05) is 32.6 Å². The van der Waals surface area contributed by atoms with Gasteiger partial charge in [0.1, 0.15) is 0 Å². The van der Waals surface area contributed by atoms with Crippen LogP contribution in [-0.2, 0) is 24.2 Å². The van der Waals surface area contributed by atoms with Crippen molar-refractivity contribution in [2.24, 2.45) is 10.9 Å². The molecule has 0 aromatic heterocycles. The van der Waals surface area contributed by atoms with E-state index in [4.69, 9.17) is 9.73 Å². The number of ether oxygens (including phenoxy) is 1. The number of rotatable bonds is 12. The highest BCUT2D eigenvalue weighted by Gasteiger charge is 2.27. The summed E-state index contributed by atoms with van der Waals surface area (Å²) in [6.07, 6.45) is 2.50. The number of aliphatic imine (C=N–C) groups is 1. The number of hydrogen-bond donors (Lipinski definition) is 2. The van der Waals surface area contributed by atoms with E-state index < -0.39 is 9.84 Å². The average Bonchev–Trinajstić information content (AvgIpc) is 2.92. The van der Waals surface area contributed by atoms with Gasteiger partial charge in [0.15, 0.2) is 9.84 Å². The molecule has 2 heterocycles. The summed E-state index contributed by atoms with van der Waals surface area (Å²) in [5, 5.41) is 6.10. The van der Waals surface area contributed by atoms with Gasteiger partial charge in [0, 0.05) is 63.1 Å². The molecule has 1 aromatic carbocycles. The molecule has 0 aliphatic carbocycles. The second-order valence-corrected chi connectivity index (χ2v) is 13.7. The van der Waals surface area contributed by atoms with Crippen molar-refractivity contribution in [1.82, 2.24) is 15.5 Å². The molecule has 2 aliphatic rings. The van der Waals surface area contributed by atoms with E-state index >= 15 is 0 Å². The van der Waals surface area contributed by atoms with Crippen molar-refractivity contribution >= 4 is 33.1 Å². The van der Waals surface area contributed by atoms with E-state index in [2.05, 4.69) is 50.1 Å². The third-order valence-electron chi connectivity index (χ3n) is 7.75. The number of hydrogen-bond acceptors (Lipinski definition) is 7. The smallest absolute Gasteiger partial charge is 0.247 e. The number of nitrogens with zero attached hydrogens (tertiary/aromatic N) is 2. The summed E-state index contributed by atoms with van der Waals surface area (Å²) < 4.78 is 28.8. The second kappa shape index (κ2) is 14.9. The van der Waals surface area contributed by atoms with Gasteiger partial charge < -0.3 is 15.4 Å². The highest BCUT2D eigenvalue weighted by atomic mass is 32.2. The lowest BCUT2D eigenvalue weighted by Gasteiger charge is -2.31. The SMILES string of the molecule is C=C(CN1CCS(=O)(=O)CC1)C(=O)NCC(NC(=O)CC/C(C)=N/c1ccc(C(C)C)cc1C)C1CCOCC1. The molecular formula is C30H46N4O5S. The van der Waals surface area contributed by atoms with Gasteiger partial charge in [-0.3, -0.25) is 19.5 Å². The van der Waals surface area contributed by atoms with Crippen LogP contribution in [0.15, 0.2) is 35.3 Å². The molecule has 2 aliphatic heterocycles. The van der Waals surface area contributed by atoms with Crippen LogP contribution in [0.1, 0.15) is 63.5 Å². The lowest BCUT2D eigenvalue weighted by molar-refractivity contribution is -0.123. The molecule has 2 amide bonds. The maximum Gasteiger partial charge on any atom is 0.247 e. The molecule has 0 radical (unpaired) electrons. The fourth-order valence-corrected chi connectivity index (χ4v) is 6.31. The maximum absolute atomic E-state index is 12.9. The summed E-state index contributed by atoms with van der Waals surface area (Å²) in [6, 6.07) is 6.10. The molecule has 2 N–H and O–H groups in total. The Balaban J connectivity index is 1.52. The average molecular weight is 575 g/mol. The fraction of sp³-hybridized carbons (Fsp3) is 0.633. The first-order chi connectivity index (χ1) is 18.9. The molecule has 222 valence electrons. The minimum Gasteiger partial charge on any atom is -0.381 e. The van der Waals surface area contributed by atoms with Gasteiger partial charge in [-0.2, -0.15) is 0 Å². The van der Waals surface area contributed by atoms with Crippen LogP contribution in [0.5, 0.6) is 0 Å². The Kier molecular flexibility index (Phi) is 11.9. The highest BCUT2D eigenvalue weighted by molar-refractivity contribution is 7.91. The predicted octanol–water partition coefficient (Wildman–Crippen LogP) is 3.31. The Hall–Kier alpha value is -2.56. The Morgan fingerprint density at radius 3 is 2.45 bits per heavy atom. The first kappa shape index (κ1) is 32.0. The van der Waals surface area contributed by atoms with E-state index in [9.17, 15) is 18.0 Å². The number of aryl methyl sites for hydroxylation is 1. The monoisotopic (exact) mass is 574 g/mol. The summed E-state index contributed by atoms with van der Waals surface area (Å²) >= 11 is 0. The molecular weight excluding hydrogens is 528 g/mol. The Labute approximate surface area is 239 Å². The zero-order valence-electron chi connectivity index (χ0n) is 24.5. The Bertz CT molecular complexity index is 1170. The van der Waals surface area contributed by atoms with Crippen molar-refractivity contribution in [2.45, 2.75) is 65.3 Å². The second-order valence-electron chi connectivity index (χ2n) is 11.4. The van der Waals surface area contributed by atoms with Crippen molar-refractivity contribution < 1.29 is 22.7 Å². The topological polar surface area (TPSA) is 117 Å². The van der Waals surface area contributed by atoms with E-state index in [0.29, 0.717) is 63.7 Å². The van der Waals surface area contributed by atoms with Gasteiger partial charge in [-0.15, -0.1) is 0 Å². The van der Waals surface area contributed by atoms with Gasteiger partial charge in [-0.05, 0) is 62.1 Å². The summed E-state index contributed by atoms with van der Waals surface area (Å²) in [6.45, 7) is 15.0. The third kappa shape index (κ3) is 10.1. The molecule has 0 spiro atoms. The lowest BCUT2D eigenvalue weighted by Crippen LogP contribution is -2.50. The van der Waals surface area contributed by atoms with Gasteiger partial charge in [0.2, 0.25) is 11.8 Å². The van der Waals surface area contributed by atoms with Crippen LogP contribution in [-0.4, -0.2) is 87.8 Å². The highest BCUT2D eigenvalue weighted by Crippen LogP contribution is 2.24. The van der Waals surface area contributed by atoms with Crippen LogP contribution in [0.2, 0.25) is 0 Å². The molecule has 1 atom stereocenters. The van der Waals surface area contributed by atoms with Gasteiger partial charge in [0.25, 0.3) is 0 Å². The summed E-state index contributed by atoms with van der Waals surface area (Å²) in [5.74, 6) is 0.531. The van der Waals surface area contributed by atoms with Crippen molar-refractivity contribution in [2.75, 3.05) is 50.9 Å². The number of benzene rings is 1. The molecule has 3 rings (SSSR count). The maximum atomic E-state index is 12.9. The van der Waals surface area contributed by atoms with Crippen LogP contribution in [0.3, 0.4) is 0 Å². The Morgan fingerprint density at radius 1 is 1.15 bits per heavy atom. The number of nitrogens with one attached hydrogen (secondary N) is 2. The summed E-state index contributed by atoms with van der Waals surface area (Å²) in [5.41, 5.74) is 4.62. The van der Waals surface area contributed by atoms with Crippen LogP contribution in [0.4, 0.5) is 5.69 Å². The summed E-state index contributed by atoms with van der Waals surface area (Å²) in [7, 11) is -2.98. The van der Waals surface area contributed by atoms with Crippen molar-refractivity contribution in [3.8, 4) is 0 Å². The van der Waals surface area contributed by atoms with E-state index in [1.807, 2.05) is 17.9 Å². The molecule has 40 heavy (non-hydrogen) atoms. The van der Waals surface area contributed by atoms with Crippen LogP contribution >= 0.6 is 0 Å². The van der Waals surface area contributed by atoms with Gasteiger partial charge in [0.05, 0.1) is 17.2 Å². The Morgan fingerprint density at radius 2 is 1.82 bits per heavy atom. The lowest BCUT2D eigenvalue weighted by atomic mass is 9.91. The van der Waals surface area contributed by atoms with Crippen molar-refractivity contribution in [3.05, 3.63) is 41.5 Å². The van der Waals surface area contributed by atoms with E-state index in [1.54, 1.807) is 0 Å². The largest absolute Gasteiger partial charge is 0.381 e. The fourth-order valence-electron chi connectivity index (χ4n) is 5.03. The predicted molar refractivity (Wildman–Crippen MR) is 160 cm³/mol. The van der Waals surface area contributed by atoms with Crippen LogP contribution < -0.4 is 10.6 Å². The summed E-state index contributed by atoms with van der Waals surface area (Å²) in [4.78, 5) is 32.4. The van der Waals surface area contributed by atoms with Crippen molar-refractivity contribution in [3.63, 3.8) is 0 Å². The van der Waals surface area contributed by atoms with Crippen molar-refractivity contribution in [1.29, 1.82) is 0 Å². The van der Waals surface area contributed by atoms with E-state index in [0.717, 1.165) is 29.8 Å². The standard InChI is InChI=1S/C30H46N4O5S/c1-21(2)26-7-8-27(22(3)18-26)32-24(5)6-9-29(35)33-28(25-10-14-39-15-11-25)19-31-30(36)23(4)20-34-12-16-40(37,38)17-13-34/h7-8,18,21,25,28H,4,6,9-17,19-20H2,1-3,5H3,(H,31,36)(H,33,35)/b32-24+. The quantitative estimate of drug-likeness (QED) is 0.292. The zero-order chi connectivity index (χ0) is 29.3. The molecule has 2 fully saturated rings. The van der Waals surface area contributed by atoms with Crippen LogP contribution in [0, 0.1) is 12.8 Å². The molecule has 10 heteroatoms. The molecule has 0 saturated carbocycles. The molecule has 9 nitrogen and oxygen atoms in total. The molecule has 0 bridgehead atoms. The normalized spacial score (nSPS) is 19.3. The zero-order valence-corrected chi connectivity index (χ0v) is 25.3. The van der Waals surface area contributed by atoms with Gasteiger partial charge >= 0.3 is 0 Å². The minimum atomic E-state index is -2.98. The number of carbonyl (C=O) groups is 2. The van der Waals surface area contributed by atoms with E-state index in [1.165, 1.54) is 5.56 Å². The third-order valence-corrected chi connectivity index (χ3v) is 9.36. The first-order valence-electron chi connectivity index (χ1n) is 14.3. The molecule has 1 unspecified atom stereocenters.